The van der Waals surface area contributed by atoms with Crippen molar-refractivity contribution in [3.05, 3.63) is 29.8 Å². The molecule has 1 amide bonds. The van der Waals surface area contributed by atoms with Crippen LogP contribution in [0, 0.1) is 5.92 Å². The molecule has 1 aliphatic rings. The van der Waals surface area contributed by atoms with E-state index in [2.05, 4.69) is 10.3 Å². The number of aliphatic imine (C=N–C) groups is 1. The minimum absolute atomic E-state index is 0.254. The lowest BCUT2D eigenvalue weighted by Crippen LogP contribution is -2.33. The maximum absolute atomic E-state index is 12.2. The van der Waals surface area contributed by atoms with Crippen LogP contribution < -0.4 is 10.1 Å². The summed E-state index contributed by atoms with van der Waals surface area (Å²) >= 11 is 0. The van der Waals surface area contributed by atoms with E-state index in [-0.39, 0.29) is 11.9 Å². The summed E-state index contributed by atoms with van der Waals surface area (Å²) in [4.78, 5) is 16.5. The third-order valence-electron chi connectivity index (χ3n) is 3.29. The van der Waals surface area contributed by atoms with Crippen molar-refractivity contribution in [1.82, 2.24) is 5.32 Å². The molecule has 0 aliphatic heterocycles. The summed E-state index contributed by atoms with van der Waals surface area (Å²) in [6.45, 7) is 1.48. The van der Waals surface area contributed by atoms with E-state index in [0.717, 1.165) is 0 Å². The Labute approximate surface area is 130 Å². The van der Waals surface area contributed by atoms with Gasteiger partial charge in [0.2, 0.25) is 0 Å². The van der Waals surface area contributed by atoms with Gasteiger partial charge in [-0.05, 0) is 43.0 Å². The Morgan fingerprint density at radius 2 is 1.95 bits per heavy atom. The minimum Gasteiger partial charge on any atom is -0.497 e. The highest BCUT2D eigenvalue weighted by Gasteiger charge is 2.21. The SMILES string of the molecule is COCCOC(=NCC1CC1)NC(=O)c1ccc(OC)cc1. The lowest BCUT2D eigenvalue weighted by Gasteiger charge is -2.11. The van der Waals surface area contributed by atoms with Gasteiger partial charge >= 0.3 is 0 Å². The summed E-state index contributed by atoms with van der Waals surface area (Å²) < 4.78 is 15.5. The van der Waals surface area contributed by atoms with Crippen LogP contribution in [0.4, 0.5) is 0 Å². The van der Waals surface area contributed by atoms with Crippen molar-refractivity contribution in [2.45, 2.75) is 12.8 Å². The second-order valence-electron chi connectivity index (χ2n) is 5.11. The van der Waals surface area contributed by atoms with E-state index < -0.39 is 0 Å². The number of benzene rings is 1. The van der Waals surface area contributed by atoms with Gasteiger partial charge < -0.3 is 14.2 Å². The number of carbonyl (C=O) groups excluding carboxylic acids is 1. The van der Waals surface area contributed by atoms with E-state index >= 15 is 0 Å². The Hall–Kier alpha value is -2.08. The predicted octanol–water partition coefficient (Wildman–Crippen LogP) is 1.85. The second kappa shape index (κ2) is 8.38. The highest BCUT2D eigenvalue weighted by molar-refractivity contribution is 6.04. The van der Waals surface area contributed by atoms with Crippen molar-refractivity contribution >= 4 is 11.9 Å². The Morgan fingerprint density at radius 3 is 2.55 bits per heavy atom. The number of methoxy groups -OCH3 is 2. The molecule has 0 unspecified atom stereocenters. The summed E-state index contributed by atoms with van der Waals surface area (Å²) in [6, 6.07) is 7.12. The highest BCUT2D eigenvalue weighted by Crippen LogP contribution is 2.28. The van der Waals surface area contributed by atoms with Gasteiger partial charge in [0.05, 0.1) is 13.7 Å². The Balaban J connectivity index is 1.94. The number of carbonyl (C=O) groups is 1. The molecule has 0 heterocycles. The Bertz CT molecular complexity index is 509. The smallest absolute Gasteiger partial charge is 0.291 e. The van der Waals surface area contributed by atoms with Gasteiger partial charge in [-0.2, -0.15) is 0 Å². The molecule has 1 N–H and O–H groups in total. The summed E-state index contributed by atoms with van der Waals surface area (Å²) in [7, 11) is 3.18. The lowest BCUT2D eigenvalue weighted by atomic mass is 10.2. The standard InChI is InChI=1S/C16H22N2O4/c1-20-9-10-22-16(17-11-12-3-4-12)18-15(19)13-5-7-14(21-2)8-6-13/h5-8,12H,3-4,9-11H2,1-2H3,(H,17,18,19). The lowest BCUT2D eigenvalue weighted by molar-refractivity contribution is 0.0954. The molecule has 0 aromatic heterocycles. The zero-order valence-electron chi connectivity index (χ0n) is 13.0. The first-order valence-electron chi connectivity index (χ1n) is 7.34. The van der Waals surface area contributed by atoms with Crippen LogP contribution in [-0.4, -0.2) is 45.9 Å². The van der Waals surface area contributed by atoms with Crippen LogP contribution in [0.3, 0.4) is 0 Å². The van der Waals surface area contributed by atoms with Gasteiger partial charge in [0, 0.05) is 19.2 Å². The number of hydrogen-bond donors (Lipinski definition) is 1. The zero-order valence-corrected chi connectivity index (χ0v) is 13.0. The van der Waals surface area contributed by atoms with Gasteiger partial charge in [-0.25, -0.2) is 4.99 Å². The number of amides is 1. The van der Waals surface area contributed by atoms with Crippen molar-refractivity contribution in [3.8, 4) is 5.75 Å². The second-order valence-corrected chi connectivity index (χ2v) is 5.11. The monoisotopic (exact) mass is 306 g/mol. The van der Waals surface area contributed by atoms with Crippen LogP contribution in [-0.2, 0) is 9.47 Å². The topological polar surface area (TPSA) is 69.2 Å². The normalized spacial score (nSPS) is 14.5. The third kappa shape index (κ3) is 5.37. The van der Waals surface area contributed by atoms with Crippen LogP contribution in [0.25, 0.3) is 0 Å². The average molecular weight is 306 g/mol. The number of hydrogen-bond acceptors (Lipinski definition) is 5. The summed E-state index contributed by atoms with van der Waals surface area (Å²) in [5, 5.41) is 2.71. The van der Waals surface area contributed by atoms with E-state index in [9.17, 15) is 4.79 Å². The zero-order chi connectivity index (χ0) is 15.8. The molecule has 0 bridgehead atoms. The number of amidine groups is 1. The summed E-state index contributed by atoms with van der Waals surface area (Å²) in [6.07, 6.45) is 2.39. The molecule has 1 aliphatic carbocycles. The van der Waals surface area contributed by atoms with Gasteiger partial charge in [0.25, 0.3) is 11.9 Å². The molecule has 1 aromatic rings. The fourth-order valence-electron chi connectivity index (χ4n) is 1.77. The van der Waals surface area contributed by atoms with E-state index in [0.29, 0.717) is 37.0 Å². The molecular formula is C16H22N2O4. The highest BCUT2D eigenvalue weighted by atomic mass is 16.5. The van der Waals surface area contributed by atoms with Crippen LogP contribution in [0.2, 0.25) is 0 Å². The number of nitrogens with one attached hydrogen (secondary N) is 1. The van der Waals surface area contributed by atoms with Crippen molar-refractivity contribution in [2.24, 2.45) is 10.9 Å². The van der Waals surface area contributed by atoms with E-state index in [1.807, 2.05) is 0 Å². The van der Waals surface area contributed by atoms with Crippen molar-refractivity contribution < 1.29 is 19.0 Å². The number of nitrogens with zero attached hydrogens (tertiary/aromatic N) is 1. The first-order chi connectivity index (χ1) is 10.7. The Morgan fingerprint density at radius 1 is 1.23 bits per heavy atom. The van der Waals surface area contributed by atoms with Crippen LogP contribution in [0.5, 0.6) is 5.75 Å². The molecular weight excluding hydrogens is 284 g/mol. The van der Waals surface area contributed by atoms with Crippen molar-refractivity contribution in [2.75, 3.05) is 34.0 Å². The van der Waals surface area contributed by atoms with E-state index in [1.54, 1.807) is 38.5 Å². The van der Waals surface area contributed by atoms with Crippen LogP contribution in [0.15, 0.2) is 29.3 Å². The van der Waals surface area contributed by atoms with E-state index in [1.165, 1.54) is 12.8 Å². The van der Waals surface area contributed by atoms with Crippen molar-refractivity contribution in [3.63, 3.8) is 0 Å². The minimum atomic E-state index is -0.255. The molecule has 1 fully saturated rings. The van der Waals surface area contributed by atoms with Crippen LogP contribution in [0.1, 0.15) is 23.2 Å². The fourth-order valence-corrected chi connectivity index (χ4v) is 1.77. The van der Waals surface area contributed by atoms with Gasteiger partial charge in [0.15, 0.2) is 0 Å². The van der Waals surface area contributed by atoms with Gasteiger partial charge in [-0.1, -0.05) is 0 Å². The van der Waals surface area contributed by atoms with E-state index in [4.69, 9.17) is 14.2 Å². The summed E-state index contributed by atoms with van der Waals surface area (Å²) in [5.74, 6) is 1.07. The molecule has 6 nitrogen and oxygen atoms in total. The molecule has 6 heteroatoms. The molecule has 0 spiro atoms. The molecule has 1 saturated carbocycles. The number of ether oxygens (including phenoxy) is 3. The molecule has 0 radical (unpaired) electrons. The van der Waals surface area contributed by atoms with Crippen LogP contribution >= 0.6 is 0 Å². The number of rotatable bonds is 7. The van der Waals surface area contributed by atoms with Gasteiger partial charge in [0.1, 0.15) is 12.4 Å². The van der Waals surface area contributed by atoms with Crippen molar-refractivity contribution in [1.29, 1.82) is 0 Å². The third-order valence-corrected chi connectivity index (χ3v) is 3.29. The molecule has 0 atom stereocenters. The first-order valence-corrected chi connectivity index (χ1v) is 7.34. The quantitative estimate of drug-likeness (QED) is 0.474. The van der Waals surface area contributed by atoms with Gasteiger partial charge in [-0.15, -0.1) is 0 Å². The Kier molecular flexibility index (Phi) is 6.21. The fraction of sp³-hybridized carbons (Fsp3) is 0.500. The maximum Gasteiger partial charge on any atom is 0.291 e. The molecule has 2 rings (SSSR count). The predicted molar refractivity (Wildman–Crippen MR) is 83.3 cm³/mol. The molecule has 22 heavy (non-hydrogen) atoms. The molecule has 0 saturated heterocycles. The molecule has 1 aromatic carbocycles. The molecule has 120 valence electrons. The maximum atomic E-state index is 12.2. The average Bonchev–Trinajstić information content (AvgIpc) is 3.37. The first kappa shape index (κ1) is 16.3. The summed E-state index contributed by atoms with van der Waals surface area (Å²) in [5.41, 5.74) is 0.523. The largest absolute Gasteiger partial charge is 0.497 e. The van der Waals surface area contributed by atoms with Gasteiger partial charge in [-0.3, -0.25) is 10.1 Å².